The van der Waals surface area contributed by atoms with Gasteiger partial charge in [-0.25, -0.2) is 24.0 Å². The van der Waals surface area contributed by atoms with Crippen molar-refractivity contribution in [3.63, 3.8) is 0 Å². The minimum atomic E-state index is -0.570. The zero-order valence-electron chi connectivity index (χ0n) is 48.9. The van der Waals surface area contributed by atoms with Crippen molar-refractivity contribution in [1.82, 2.24) is 0 Å². The van der Waals surface area contributed by atoms with Crippen LogP contribution in [0.4, 0.5) is 0 Å². The van der Waals surface area contributed by atoms with Gasteiger partial charge in [0.1, 0.15) is 35.1 Å². The summed E-state index contributed by atoms with van der Waals surface area (Å²) in [5.74, 6) is 2.91. The Morgan fingerprint density at radius 3 is 1.55 bits per heavy atom. The molecule has 1 aliphatic heterocycles. The Balaban J connectivity index is 0.000000143. The first-order chi connectivity index (χ1) is 36.6. The van der Waals surface area contributed by atoms with Crippen LogP contribution in [0.1, 0.15) is 216 Å². The van der Waals surface area contributed by atoms with E-state index in [0.717, 1.165) is 88.4 Å². The lowest BCUT2D eigenvalue weighted by atomic mass is 9.46. The Hall–Kier alpha value is -4.52. The van der Waals surface area contributed by atoms with Gasteiger partial charge in [0.15, 0.2) is 0 Å². The van der Waals surface area contributed by atoms with Crippen molar-refractivity contribution in [2.24, 2.45) is 52.8 Å². The summed E-state index contributed by atoms with van der Waals surface area (Å²) in [5, 5.41) is 10.5. The molecule has 1 N–H and O–H groups in total. The van der Waals surface area contributed by atoms with Crippen molar-refractivity contribution in [3.8, 4) is 0 Å². The Labute approximate surface area is 466 Å². The second-order valence-electron chi connectivity index (χ2n) is 27.2. The van der Waals surface area contributed by atoms with Gasteiger partial charge in [-0.15, -0.1) is 0 Å². The topological polar surface area (TPSA) is 178 Å². The standard InChI is InChI=1S/C17H26O2.C14H20O3.C12H14O4.C12H20O2.C10H16O2/c1-11(2)15(18)19-16(3,4)17-8-12-5-13(9-17)7-14(6-12)10-17;1-9(2)12(15)17-14-6-10-3-11(7-14)5-13(16,4-10)8-14;1-5(2)11(13)15-9-6-3-7-8(4-6)12(14)16-10(7)9;1-4-12(8-6-5-7-9-12)14-11(13)10(2)3;1-8(2)10(11)12-9-6-4-3-5-7-9/h12-14H,1,5-10H2,2-4H3;10-11,16H,1,3-8H2,2H3;6-10H,1,3-4H2,2H3;2,4-9H2,1,3H3;9H,1,3-7H2,2H3. The van der Waals surface area contributed by atoms with Crippen LogP contribution in [0, 0.1) is 52.8 Å². The fourth-order valence-electron chi connectivity index (χ4n) is 16.5. The van der Waals surface area contributed by atoms with Gasteiger partial charge in [-0.2, -0.15) is 0 Å². The molecule has 7 atom stereocenters. The highest BCUT2D eigenvalue weighted by Crippen LogP contribution is 2.65. The second kappa shape index (κ2) is 24.7. The van der Waals surface area contributed by atoms with Crippen LogP contribution in [0.15, 0.2) is 60.8 Å². The molecular formula is C65H96O13. The highest BCUT2D eigenvalue weighted by Gasteiger charge is 2.64. The van der Waals surface area contributed by atoms with E-state index in [0.29, 0.717) is 52.0 Å². The Morgan fingerprint density at radius 1 is 0.590 bits per heavy atom. The molecule has 7 unspecified atom stereocenters. The molecule has 10 bridgehead atoms. The van der Waals surface area contributed by atoms with Gasteiger partial charge in [-0.1, -0.05) is 52.7 Å². The van der Waals surface area contributed by atoms with Gasteiger partial charge < -0.3 is 33.5 Å². The van der Waals surface area contributed by atoms with Crippen LogP contribution in [-0.2, 0) is 57.2 Å². The third-order valence-electron chi connectivity index (χ3n) is 19.9. The fourth-order valence-corrected chi connectivity index (χ4v) is 16.5. The van der Waals surface area contributed by atoms with Crippen LogP contribution in [0.5, 0.6) is 0 Å². The molecule has 78 heavy (non-hydrogen) atoms. The lowest BCUT2D eigenvalue weighted by Crippen LogP contribution is -2.60. The number of esters is 6. The lowest BCUT2D eigenvalue weighted by molar-refractivity contribution is -0.217. The lowest BCUT2D eigenvalue weighted by Gasteiger charge is -2.61. The summed E-state index contributed by atoms with van der Waals surface area (Å²) in [5.41, 5.74) is 1.09. The molecule has 13 fully saturated rings. The Kier molecular flexibility index (Phi) is 19.3. The van der Waals surface area contributed by atoms with Crippen LogP contribution in [0.3, 0.4) is 0 Å². The van der Waals surface area contributed by atoms with Crippen LogP contribution < -0.4 is 0 Å². The number of aliphatic hydroxyl groups is 1. The van der Waals surface area contributed by atoms with E-state index >= 15 is 0 Å². The number of hydrogen-bond acceptors (Lipinski definition) is 13. The van der Waals surface area contributed by atoms with E-state index in [4.69, 9.17) is 28.4 Å². The Morgan fingerprint density at radius 2 is 1.06 bits per heavy atom. The average molecular weight is 1090 g/mol. The van der Waals surface area contributed by atoms with Crippen molar-refractivity contribution in [1.29, 1.82) is 0 Å². The highest BCUT2D eigenvalue weighted by molar-refractivity contribution is 5.89. The molecule has 434 valence electrons. The van der Waals surface area contributed by atoms with Gasteiger partial charge in [-0.05, 0) is 219 Å². The van der Waals surface area contributed by atoms with Gasteiger partial charge >= 0.3 is 35.8 Å². The summed E-state index contributed by atoms with van der Waals surface area (Å²) < 4.78 is 32.9. The first kappa shape index (κ1) is 61.1. The molecule has 0 aromatic rings. The quantitative estimate of drug-likeness (QED) is 0.111. The van der Waals surface area contributed by atoms with E-state index in [1.807, 2.05) is 0 Å². The molecule has 0 amide bonds. The SMILES string of the molecule is C=C(C)C(=O)OC(C)(C)C12CC3CC(CC(C3)C1)C2.C=C(C)C(=O)OC1(CC)CCCCC1.C=C(C)C(=O)OC12CC3CC(CC(O)(C3)C1)C2.C=C(C)C(=O)OC1C2CC3C(=O)OC1C3C2.C=C(C)C(=O)OC1CCCCC1. The number of fused-ring (bicyclic) bond motifs is 1. The first-order valence-corrected chi connectivity index (χ1v) is 29.9. The minimum Gasteiger partial charge on any atom is -0.459 e. The summed E-state index contributed by atoms with van der Waals surface area (Å²) in [4.78, 5) is 69.1. The van der Waals surface area contributed by atoms with E-state index in [1.165, 1.54) is 83.5 Å². The molecule has 0 radical (unpaired) electrons. The molecule has 1 saturated heterocycles. The van der Waals surface area contributed by atoms with E-state index in [-0.39, 0.29) is 82.6 Å². The number of carbonyl (C=O) groups is 6. The van der Waals surface area contributed by atoms with Gasteiger partial charge in [0, 0.05) is 51.5 Å². The van der Waals surface area contributed by atoms with E-state index < -0.39 is 11.2 Å². The maximum Gasteiger partial charge on any atom is 0.333 e. The van der Waals surface area contributed by atoms with Gasteiger partial charge in [0.2, 0.25) is 0 Å². The third-order valence-corrected chi connectivity index (χ3v) is 19.9. The van der Waals surface area contributed by atoms with Crippen molar-refractivity contribution < 1.29 is 62.3 Å². The number of hydrogen-bond donors (Lipinski definition) is 1. The monoisotopic (exact) mass is 1080 g/mol. The Bertz CT molecular complexity index is 2270. The molecule has 13 heteroatoms. The fraction of sp³-hybridized carbons (Fsp3) is 0.754. The molecule has 12 saturated carbocycles. The number of carbonyl (C=O) groups excluding carboxylic acids is 6. The van der Waals surface area contributed by atoms with Crippen LogP contribution >= 0.6 is 0 Å². The van der Waals surface area contributed by atoms with E-state index in [2.05, 4.69) is 53.7 Å². The maximum absolute atomic E-state index is 11.9. The molecule has 0 aromatic carbocycles. The molecule has 0 spiro atoms. The molecule has 13 nitrogen and oxygen atoms in total. The smallest absolute Gasteiger partial charge is 0.333 e. The summed E-state index contributed by atoms with van der Waals surface area (Å²) in [7, 11) is 0. The minimum absolute atomic E-state index is 0.0646. The van der Waals surface area contributed by atoms with Gasteiger partial charge in [0.25, 0.3) is 0 Å². The zero-order chi connectivity index (χ0) is 57.1. The van der Waals surface area contributed by atoms with Gasteiger partial charge in [-0.3, -0.25) is 4.79 Å². The third kappa shape index (κ3) is 14.3. The van der Waals surface area contributed by atoms with Crippen LogP contribution in [0.25, 0.3) is 0 Å². The summed E-state index contributed by atoms with van der Waals surface area (Å²) in [6.07, 6.45) is 27.3. The van der Waals surface area contributed by atoms with Crippen molar-refractivity contribution >= 4 is 35.8 Å². The molecular weight excluding hydrogens is 989 g/mol. The van der Waals surface area contributed by atoms with Crippen LogP contribution in [0.2, 0.25) is 0 Å². The van der Waals surface area contributed by atoms with E-state index in [9.17, 15) is 33.9 Å². The van der Waals surface area contributed by atoms with Crippen LogP contribution in [-0.4, -0.2) is 81.6 Å². The average Bonchev–Trinajstić information content (AvgIpc) is 4.16. The summed E-state index contributed by atoms with van der Waals surface area (Å²) in [6, 6.07) is 0. The maximum atomic E-state index is 11.9. The van der Waals surface area contributed by atoms with Crippen molar-refractivity contribution in [2.45, 2.75) is 257 Å². The molecule has 0 aromatic heterocycles. The molecule has 1 heterocycles. The highest BCUT2D eigenvalue weighted by atomic mass is 16.6. The van der Waals surface area contributed by atoms with Crippen molar-refractivity contribution in [3.05, 3.63) is 60.8 Å². The normalized spacial score (nSPS) is 35.4. The van der Waals surface area contributed by atoms with Gasteiger partial charge in [0.05, 0.1) is 11.5 Å². The van der Waals surface area contributed by atoms with E-state index in [1.54, 1.807) is 34.6 Å². The second-order valence-corrected chi connectivity index (χ2v) is 27.2. The molecule has 12 aliphatic carbocycles. The van der Waals surface area contributed by atoms with Crippen molar-refractivity contribution in [2.75, 3.05) is 0 Å². The molecule has 13 aliphatic rings. The number of rotatable bonds is 12. The number of ether oxygens (including phenoxy) is 6. The summed E-state index contributed by atoms with van der Waals surface area (Å²) in [6.45, 7) is 32.8. The largest absolute Gasteiger partial charge is 0.459 e. The first-order valence-electron chi connectivity index (χ1n) is 29.9. The summed E-state index contributed by atoms with van der Waals surface area (Å²) >= 11 is 0. The zero-order valence-corrected chi connectivity index (χ0v) is 48.9. The predicted octanol–water partition coefficient (Wildman–Crippen LogP) is 13.0. The molecule has 13 rings (SSSR count). The predicted molar refractivity (Wildman–Crippen MR) is 298 cm³/mol.